The molecule has 0 spiro atoms. The number of aryl methyl sites for hydroxylation is 1. The molecule has 21 heavy (non-hydrogen) atoms. The summed E-state index contributed by atoms with van der Waals surface area (Å²) in [6, 6.07) is 7.61. The summed E-state index contributed by atoms with van der Waals surface area (Å²) in [6.07, 6.45) is 4.72. The average molecular weight is 288 g/mol. The Morgan fingerprint density at radius 1 is 1.14 bits per heavy atom. The number of nitrogens with zero attached hydrogens (tertiary/aromatic N) is 2. The molecule has 5 heteroatoms. The molecule has 0 fully saturated rings. The van der Waals surface area contributed by atoms with Crippen LogP contribution in [0.1, 0.15) is 24.5 Å². The van der Waals surface area contributed by atoms with E-state index in [-0.39, 0.29) is 18.1 Å². The van der Waals surface area contributed by atoms with E-state index in [0.29, 0.717) is 6.54 Å². The lowest BCUT2D eigenvalue weighted by atomic mass is 10.0. The SMILES string of the molecule is CCCn1ccn(Cc2ccccc2CC(=O)OC)c1=O. The van der Waals surface area contributed by atoms with E-state index < -0.39 is 0 Å². The van der Waals surface area contributed by atoms with Crippen LogP contribution in [0.3, 0.4) is 0 Å². The van der Waals surface area contributed by atoms with Crippen LogP contribution in [0, 0.1) is 0 Å². The Bertz CT molecular complexity index is 670. The van der Waals surface area contributed by atoms with E-state index in [4.69, 9.17) is 4.74 Å². The van der Waals surface area contributed by atoms with Gasteiger partial charge in [0.25, 0.3) is 0 Å². The van der Waals surface area contributed by atoms with Gasteiger partial charge in [0.2, 0.25) is 0 Å². The molecule has 0 amide bonds. The Kier molecular flexibility index (Phi) is 4.98. The predicted octanol–water partition coefficient (Wildman–Crippen LogP) is 1.82. The topological polar surface area (TPSA) is 53.2 Å². The number of benzene rings is 1. The van der Waals surface area contributed by atoms with Crippen LogP contribution >= 0.6 is 0 Å². The van der Waals surface area contributed by atoms with Crippen LogP contribution in [0.25, 0.3) is 0 Å². The number of carbonyl (C=O) groups excluding carboxylic acids is 1. The molecule has 0 radical (unpaired) electrons. The van der Waals surface area contributed by atoms with E-state index in [1.54, 1.807) is 21.5 Å². The molecule has 5 nitrogen and oxygen atoms in total. The highest BCUT2D eigenvalue weighted by Crippen LogP contribution is 2.11. The Labute approximate surface area is 123 Å². The molecule has 0 saturated carbocycles. The molecule has 1 aromatic heterocycles. The number of hydrogen-bond acceptors (Lipinski definition) is 3. The third-order valence-corrected chi connectivity index (χ3v) is 3.40. The van der Waals surface area contributed by atoms with Crippen LogP contribution in [0.4, 0.5) is 0 Å². The van der Waals surface area contributed by atoms with Gasteiger partial charge in [-0.05, 0) is 17.5 Å². The normalized spacial score (nSPS) is 10.6. The second-order valence-electron chi connectivity index (χ2n) is 4.92. The molecule has 0 N–H and O–H groups in total. The molecule has 1 heterocycles. The quantitative estimate of drug-likeness (QED) is 0.762. The predicted molar refractivity (Wildman–Crippen MR) is 80.2 cm³/mol. The molecular formula is C16H20N2O3. The fourth-order valence-corrected chi connectivity index (χ4v) is 2.28. The van der Waals surface area contributed by atoms with Crippen LogP contribution in [0.15, 0.2) is 41.5 Å². The maximum atomic E-state index is 12.2. The summed E-state index contributed by atoms with van der Waals surface area (Å²) >= 11 is 0. The summed E-state index contributed by atoms with van der Waals surface area (Å²) in [5.41, 5.74) is 1.82. The minimum absolute atomic E-state index is 0.0234. The second kappa shape index (κ2) is 6.92. The van der Waals surface area contributed by atoms with Crippen molar-refractivity contribution >= 4 is 5.97 Å². The molecule has 0 aliphatic rings. The van der Waals surface area contributed by atoms with Crippen LogP contribution in [-0.2, 0) is 29.0 Å². The Morgan fingerprint density at radius 3 is 2.48 bits per heavy atom. The molecule has 0 atom stereocenters. The molecule has 0 aliphatic carbocycles. The number of aromatic nitrogens is 2. The summed E-state index contributed by atoms with van der Waals surface area (Å²) in [7, 11) is 1.38. The van der Waals surface area contributed by atoms with Crippen LogP contribution in [-0.4, -0.2) is 22.2 Å². The second-order valence-corrected chi connectivity index (χ2v) is 4.92. The lowest BCUT2D eigenvalue weighted by Gasteiger charge is -2.09. The monoisotopic (exact) mass is 288 g/mol. The van der Waals surface area contributed by atoms with E-state index in [0.717, 1.165) is 24.1 Å². The third-order valence-electron chi connectivity index (χ3n) is 3.40. The molecular weight excluding hydrogens is 268 g/mol. The van der Waals surface area contributed by atoms with Gasteiger partial charge in [0.05, 0.1) is 20.1 Å². The molecule has 0 saturated heterocycles. The van der Waals surface area contributed by atoms with Crippen molar-refractivity contribution in [1.82, 2.24) is 9.13 Å². The number of rotatable bonds is 6. The first-order chi connectivity index (χ1) is 10.2. The highest BCUT2D eigenvalue weighted by molar-refractivity contribution is 5.72. The van der Waals surface area contributed by atoms with Gasteiger partial charge in [-0.2, -0.15) is 0 Å². The number of imidazole rings is 1. The summed E-state index contributed by atoms with van der Waals surface area (Å²) in [5, 5.41) is 0. The summed E-state index contributed by atoms with van der Waals surface area (Å²) in [4.78, 5) is 23.6. The molecule has 2 aromatic rings. The van der Waals surface area contributed by atoms with Gasteiger partial charge in [-0.3, -0.25) is 13.9 Å². The van der Waals surface area contributed by atoms with Gasteiger partial charge in [-0.15, -0.1) is 0 Å². The zero-order valence-electron chi connectivity index (χ0n) is 12.4. The summed E-state index contributed by atoms with van der Waals surface area (Å²) in [6.45, 7) is 3.22. The highest BCUT2D eigenvalue weighted by Gasteiger charge is 2.10. The fraction of sp³-hybridized carbons (Fsp3) is 0.375. The fourth-order valence-electron chi connectivity index (χ4n) is 2.28. The number of methoxy groups -OCH3 is 1. The van der Waals surface area contributed by atoms with E-state index in [9.17, 15) is 9.59 Å². The highest BCUT2D eigenvalue weighted by atomic mass is 16.5. The van der Waals surface area contributed by atoms with E-state index >= 15 is 0 Å². The number of esters is 1. The Morgan fingerprint density at radius 2 is 1.81 bits per heavy atom. The molecule has 2 rings (SSSR count). The van der Waals surface area contributed by atoms with Crippen molar-refractivity contribution < 1.29 is 9.53 Å². The standard InChI is InChI=1S/C16H20N2O3/c1-3-8-17-9-10-18(16(17)20)12-14-7-5-4-6-13(14)11-15(19)21-2/h4-7,9-10H,3,8,11-12H2,1-2H3. The van der Waals surface area contributed by atoms with Crippen LogP contribution in [0.2, 0.25) is 0 Å². The molecule has 0 unspecified atom stereocenters. The van der Waals surface area contributed by atoms with Gasteiger partial charge in [0.15, 0.2) is 0 Å². The van der Waals surface area contributed by atoms with Crippen molar-refractivity contribution in [3.63, 3.8) is 0 Å². The maximum absolute atomic E-state index is 12.2. The smallest absolute Gasteiger partial charge is 0.328 e. The lowest BCUT2D eigenvalue weighted by molar-refractivity contribution is -0.139. The minimum Gasteiger partial charge on any atom is -0.469 e. The average Bonchev–Trinajstić information content (AvgIpc) is 2.83. The van der Waals surface area contributed by atoms with E-state index in [2.05, 4.69) is 0 Å². The Balaban J connectivity index is 2.23. The van der Waals surface area contributed by atoms with Crippen molar-refractivity contribution in [2.24, 2.45) is 0 Å². The minimum atomic E-state index is -0.279. The lowest BCUT2D eigenvalue weighted by Crippen LogP contribution is -2.24. The van der Waals surface area contributed by atoms with Crippen LogP contribution < -0.4 is 5.69 Å². The van der Waals surface area contributed by atoms with E-state index in [1.807, 2.05) is 31.2 Å². The number of ether oxygens (including phenoxy) is 1. The summed E-state index contributed by atoms with van der Waals surface area (Å²) < 4.78 is 8.06. The third kappa shape index (κ3) is 3.62. The van der Waals surface area contributed by atoms with Gasteiger partial charge in [0, 0.05) is 18.9 Å². The van der Waals surface area contributed by atoms with Crippen molar-refractivity contribution in [2.45, 2.75) is 32.9 Å². The van der Waals surface area contributed by atoms with Gasteiger partial charge in [-0.1, -0.05) is 31.2 Å². The van der Waals surface area contributed by atoms with Crippen molar-refractivity contribution in [3.8, 4) is 0 Å². The molecule has 0 aliphatic heterocycles. The first kappa shape index (κ1) is 15.1. The van der Waals surface area contributed by atoms with Crippen molar-refractivity contribution in [3.05, 3.63) is 58.3 Å². The largest absolute Gasteiger partial charge is 0.469 e. The van der Waals surface area contributed by atoms with Gasteiger partial charge >= 0.3 is 11.7 Å². The van der Waals surface area contributed by atoms with E-state index in [1.165, 1.54) is 7.11 Å². The van der Waals surface area contributed by atoms with Gasteiger partial charge < -0.3 is 4.74 Å². The zero-order valence-corrected chi connectivity index (χ0v) is 12.4. The molecule has 0 bridgehead atoms. The van der Waals surface area contributed by atoms with Crippen molar-refractivity contribution in [1.29, 1.82) is 0 Å². The maximum Gasteiger partial charge on any atom is 0.328 e. The Hall–Kier alpha value is -2.30. The number of carbonyl (C=O) groups is 1. The van der Waals surface area contributed by atoms with Gasteiger partial charge in [-0.25, -0.2) is 4.79 Å². The molecule has 112 valence electrons. The zero-order chi connectivity index (χ0) is 15.2. The molecule has 1 aromatic carbocycles. The van der Waals surface area contributed by atoms with Crippen molar-refractivity contribution in [2.75, 3.05) is 7.11 Å². The summed E-state index contributed by atoms with van der Waals surface area (Å²) in [5.74, 6) is -0.279. The number of hydrogen-bond donors (Lipinski definition) is 0. The first-order valence-corrected chi connectivity index (χ1v) is 7.05. The first-order valence-electron chi connectivity index (χ1n) is 7.05. The van der Waals surface area contributed by atoms with Crippen LogP contribution in [0.5, 0.6) is 0 Å². The van der Waals surface area contributed by atoms with Gasteiger partial charge in [0.1, 0.15) is 0 Å².